The number of carbonyl (C=O) groups is 2. The standard InChI is InChI=1S/C31H48N8O4/c1-7-19-42-20-18-37-14-12-36(13-15-37)16-17-38-27(10-11-32-38)29(40)34-28-22-26(35-39(28)31(4,5)6)24-8-9-25(21-24)43-30(41)33-23(2)3/h1,10-11,22-25H,8-9,12-21H2,2-6H3,(H,33,41)(H,34,40)/t24-,25+/m0/s1. The highest BCUT2D eigenvalue weighted by atomic mass is 16.6. The van der Waals surface area contributed by atoms with Crippen LogP contribution in [-0.2, 0) is 21.6 Å². The maximum atomic E-state index is 13.5. The lowest BCUT2D eigenvalue weighted by molar-refractivity contribution is 0.0858. The number of hydrogen-bond acceptors (Lipinski definition) is 8. The minimum atomic E-state index is -0.380. The smallest absolute Gasteiger partial charge is 0.407 e. The van der Waals surface area contributed by atoms with Crippen LogP contribution in [0.4, 0.5) is 10.6 Å². The van der Waals surface area contributed by atoms with Crippen LogP contribution in [0.2, 0.25) is 0 Å². The van der Waals surface area contributed by atoms with Crippen molar-refractivity contribution in [2.45, 2.75) is 84.0 Å². The van der Waals surface area contributed by atoms with E-state index in [4.69, 9.17) is 21.0 Å². The second-order valence-corrected chi connectivity index (χ2v) is 12.7. The van der Waals surface area contributed by atoms with Gasteiger partial charge in [0.1, 0.15) is 24.2 Å². The molecule has 2 atom stereocenters. The number of aromatic nitrogens is 4. The van der Waals surface area contributed by atoms with Crippen molar-refractivity contribution < 1.29 is 19.1 Å². The number of ether oxygens (including phenoxy) is 2. The predicted molar refractivity (Wildman–Crippen MR) is 165 cm³/mol. The number of alkyl carbamates (subject to hydrolysis) is 1. The van der Waals surface area contributed by atoms with E-state index in [0.29, 0.717) is 37.7 Å². The summed E-state index contributed by atoms with van der Waals surface area (Å²) in [4.78, 5) is 30.4. The summed E-state index contributed by atoms with van der Waals surface area (Å²) in [7, 11) is 0. The van der Waals surface area contributed by atoms with Crippen molar-refractivity contribution in [3.63, 3.8) is 0 Å². The number of nitrogens with one attached hydrogen (secondary N) is 2. The van der Waals surface area contributed by atoms with E-state index < -0.39 is 0 Å². The normalized spacial score (nSPS) is 19.8. The van der Waals surface area contributed by atoms with Crippen molar-refractivity contribution in [1.82, 2.24) is 34.7 Å². The molecule has 1 saturated heterocycles. The summed E-state index contributed by atoms with van der Waals surface area (Å²) in [5.74, 6) is 3.07. The first-order chi connectivity index (χ1) is 20.5. The molecule has 0 spiro atoms. The zero-order valence-electron chi connectivity index (χ0n) is 26.3. The summed E-state index contributed by atoms with van der Waals surface area (Å²) in [6.45, 7) is 17.2. The third-order valence-electron chi connectivity index (χ3n) is 7.87. The fourth-order valence-electron chi connectivity index (χ4n) is 5.62. The molecule has 2 N–H and O–H groups in total. The molecule has 0 bridgehead atoms. The van der Waals surface area contributed by atoms with Crippen LogP contribution in [-0.4, -0.2) is 106 Å². The third kappa shape index (κ3) is 9.29. The van der Waals surface area contributed by atoms with E-state index >= 15 is 0 Å². The van der Waals surface area contributed by atoms with E-state index in [1.165, 1.54) is 0 Å². The molecule has 1 saturated carbocycles. The van der Waals surface area contributed by atoms with Gasteiger partial charge in [-0.1, -0.05) is 5.92 Å². The molecule has 4 rings (SSSR count). The number of amides is 2. The van der Waals surface area contributed by atoms with Crippen molar-refractivity contribution in [3.05, 3.63) is 29.7 Å². The van der Waals surface area contributed by atoms with Crippen LogP contribution in [0.5, 0.6) is 0 Å². The molecule has 2 fully saturated rings. The van der Waals surface area contributed by atoms with Gasteiger partial charge in [-0.05, 0) is 59.9 Å². The van der Waals surface area contributed by atoms with Crippen molar-refractivity contribution in [1.29, 1.82) is 0 Å². The highest BCUT2D eigenvalue weighted by Crippen LogP contribution is 2.37. The van der Waals surface area contributed by atoms with Gasteiger partial charge in [0.25, 0.3) is 5.91 Å². The number of carbonyl (C=O) groups excluding carboxylic acids is 2. The van der Waals surface area contributed by atoms with Gasteiger partial charge in [-0.25, -0.2) is 9.48 Å². The van der Waals surface area contributed by atoms with Crippen LogP contribution in [0, 0.1) is 12.3 Å². The molecule has 43 heavy (non-hydrogen) atoms. The molecule has 12 nitrogen and oxygen atoms in total. The number of nitrogens with zero attached hydrogens (tertiary/aromatic N) is 6. The summed E-state index contributed by atoms with van der Waals surface area (Å²) in [6.07, 6.45) is 8.75. The monoisotopic (exact) mass is 596 g/mol. The van der Waals surface area contributed by atoms with Crippen LogP contribution < -0.4 is 10.6 Å². The average Bonchev–Trinajstić information content (AvgIpc) is 3.70. The highest BCUT2D eigenvalue weighted by molar-refractivity contribution is 6.02. The molecule has 3 heterocycles. The Morgan fingerprint density at radius 2 is 1.84 bits per heavy atom. The van der Waals surface area contributed by atoms with Crippen molar-refractivity contribution in [3.8, 4) is 12.3 Å². The van der Waals surface area contributed by atoms with Gasteiger partial charge in [0.05, 0.1) is 24.4 Å². The number of hydrogen-bond donors (Lipinski definition) is 2. The minimum Gasteiger partial charge on any atom is -0.446 e. The van der Waals surface area contributed by atoms with Crippen LogP contribution in [0.15, 0.2) is 18.3 Å². The highest BCUT2D eigenvalue weighted by Gasteiger charge is 2.32. The second kappa shape index (κ2) is 14.9. The molecule has 12 heteroatoms. The molecule has 2 amide bonds. The number of piperazine rings is 1. The van der Waals surface area contributed by atoms with E-state index in [1.54, 1.807) is 16.9 Å². The third-order valence-corrected chi connectivity index (χ3v) is 7.87. The van der Waals surface area contributed by atoms with E-state index in [-0.39, 0.29) is 35.6 Å². The second-order valence-electron chi connectivity index (χ2n) is 12.7. The van der Waals surface area contributed by atoms with Crippen molar-refractivity contribution >= 4 is 17.8 Å². The van der Waals surface area contributed by atoms with E-state index in [1.807, 2.05) is 24.6 Å². The van der Waals surface area contributed by atoms with Crippen molar-refractivity contribution in [2.24, 2.45) is 0 Å². The Labute approximate surface area is 255 Å². The fourth-order valence-corrected chi connectivity index (χ4v) is 5.62. The Bertz CT molecular complexity index is 1250. The predicted octanol–water partition coefficient (Wildman–Crippen LogP) is 3.13. The lowest BCUT2D eigenvalue weighted by Crippen LogP contribution is -2.48. The first-order valence-electron chi connectivity index (χ1n) is 15.4. The lowest BCUT2D eigenvalue weighted by atomic mass is 10.0. The quantitative estimate of drug-likeness (QED) is 0.284. The van der Waals surface area contributed by atoms with E-state index in [2.05, 4.69) is 52.2 Å². The molecule has 0 aromatic carbocycles. The van der Waals surface area contributed by atoms with Crippen LogP contribution in [0.3, 0.4) is 0 Å². The topological polar surface area (TPSA) is 119 Å². The average molecular weight is 597 g/mol. The van der Waals surface area contributed by atoms with Crippen molar-refractivity contribution in [2.75, 3.05) is 57.8 Å². The SMILES string of the molecule is C#CCOCCN1CCN(CCn2nccc2C(=O)Nc2cc([C@H]3CC[C@@H](OC(=O)NC(C)C)C3)nn2C(C)(C)C)CC1. The molecule has 1 aliphatic heterocycles. The largest absolute Gasteiger partial charge is 0.446 e. The van der Waals surface area contributed by atoms with E-state index in [0.717, 1.165) is 57.8 Å². The Kier molecular flexibility index (Phi) is 11.2. The maximum Gasteiger partial charge on any atom is 0.407 e. The number of terminal acetylenes is 1. The molecule has 2 aromatic rings. The van der Waals surface area contributed by atoms with Gasteiger partial charge in [0.15, 0.2) is 0 Å². The zero-order valence-corrected chi connectivity index (χ0v) is 26.3. The van der Waals surface area contributed by atoms with Gasteiger partial charge in [0.2, 0.25) is 0 Å². The molecule has 2 aromatic heterocycles. The molecule has 2 aliphatic rings. The fraction of sp³-hybridized carbons (Fsp3) is 0.677. The summed E-state index contributed by atoms with van der Waals surface area (Å²) >= 11 is 0. The summed E-state index contributed by atoms with van der Waals surface area (Å²) in [5, 5.41) is 15.2. The Morgan fingerprint density at radius 3 is 2.51 bits per heavy atom. The molecular weight excluding hydrogens is 548 g/mol. The van der Waals surface area contributed by atoms with E-state index in [9.17, 15) is 9.59 Å². The molecule has 0 unspecified atom stereocenters. The number of rotatable bonds is 12. The van der Waals surface area contributed by atoms with Crippen LogP contribution in [0.25, 0.3) is 0 Å². The Hall–Kier alpha value is -3.40. The first kappa shape index (κ1) is 32.5. The molecule has 0 radical (unpaired) electrons. The minimum absolute atomic E-state index is 0.0290. The number of anilines is 1. The Balaban J connectivity index is 1.33. The van der Waals surface area contributed by atoms with Gasteiger partial charge >= 0.3 is 6.09 Å². The summed E-state index contributed by atoms with van der Waals surface area (Å²) in [6, 6.07) is 3.74. The molecule has 1 aliphatic carbocycles. The Morgan fingerprint density at radius 1 is 1.12 bits per heavy atom. The maximum absolute atomic E-state index is 13.5. The summed E-state index contributed by atoms with van der Waals surface area (Å²) in [5.41, 5.74) is 1.07. The van der Waals surface area contributed by atoms with Gasteiger partial charge in [-0.3, -0.25) is 19.3 Å². The lowest BCUT2D eigenvalue weighted by Gasteiger charge is -2.34. The van der Waals surface area contributed by atoms with Gasteiger partial charge in [0, 0.05) is 63.5 Å². The molecular formula is C31H48N8O4. The molecule has 236 valence electrons. The summed E-state index contributed by atoms with van der Waals surface area (Å²) < 4.78 is 14.7. The first-order valence-corrected chi connectivity index (χ1v) is 15.4. The zero-order chi connectivity index (χ0) is 31.0. The van der Waals surface area contributed by atoms with Crippen LogP contribution >= 0.6 is 0 Å². The van der Waals surface area contributed by atoms with Crippen LogP contribution in [0.1, 0.15) is 76.0 Å². The van der Waals surface area contributed by atoms with Gasteiger partial charge < -0.3 is 20.1 Å². The van der Waals surface area contributed by atoms with Gasteiger partial charge in [-0.2, -0.15) is 10.2 Å². The van der Waals surface area contributed by atoms with Gasteiger partial charge in [-0.15, -0.1) is 6.42 Å².